The highest BCUT2D eigenvalue weighted by Crippen LogP contribution is 2.47. The monoisotopic (exact) mass is 656 g/mol. The Kier molecular flexibility index (Phi) is 6.91. The van der Waals surface area contributed by atoms with Crippen molar-refractivity contribution in [3.8, 4) is 11.4 Å². The van der Waals surface area contributed by atoms with E-state index >= 15 is 0 Å². The Bertz CT molecular complexity index is 1520. The van der Waals surface area contributed by atoms with Gasteiger partial charge in [0, 0.05) is 65.3 Å². The van der Waals surface area contributed by atoms with E-state index in [4.69, 9.17) is 9.72 Å². The molecule has 3 aliphatic rings. The number of halogens is 4. The zero-order valence-electron chi connectivity index (χ0n) is 20.3. The first-order valence-electron chi connectivity index (χ1n) is 12.5. The SMILES string of the molecule is CCOC(=O)[C@H]1C2CCC(CC2)[C@@H]1Nc1nc(-c2cn(SI)c3ncc(F)cc23)nn2cc(C(F)F)cc12. The lowest BCUT2D eigenvalue weighted by Gasteiger charge is -2.47. The molecule has 4 aromatic heterocycles. The summed E-state index contributed by atoms with van der Waals surface area (Å²) in [5.74, 6) is -0.0882. The number of esters is 1. The largest absolute Gasteiger partial charge is 0.466 e. The average Bonchev–Trinajstić information content (AvgIpc) is 3.51. The van der Waals surface area contributed by atoms with Crippen LogP contribution in [0.15, 0.2) is 30.7 Å². The van der Waals surface area contributed by atoms with Crippen LogP contribution in [0.3, 0.4) is 0 Å². The molecule has 4 heterocycles. The number of anilines is 1. The average molecular weight is 656 g/mol. The van der Waals surface area contributed by atoms with Crippen LogP contribution in [-0.2, 0) is 9.53 Å². The molecule has 0 unspecified atom stereocenters. The molecule has 1 N–H and O–H groups in total. The van der Waals surface area contributed by atoms with Gasteiger partial charge in [-0.2, -0.15) is 0 Å². The van der Waals surface area contributed by atoms with Gasteiger partial charge in [0.05, 0.1) is 18.7 Å². The van der Waals surface area contributed by atoms with Gasteiger partial charge in [-0.1, -0.05) is 0 Å². The van der Waals surface area contributed by atoms with Crippen LogP contribution in [0.2, 0.25) is 0 Å². The fourth-order valence-electron chi connectivity index (χ4n) is 6.04. The molecule has 2 atom stereocenters. The van der Waals surface area contributed by atoms with Crippen LogP contribution < -0.4 is 5.32 Å². The molecule has 0 saturated heterocycles. The van der Waals surface area contributed by atoms with Gasteiger partial charge in [0.15, 0.2) is 17.3 Å². The number of ether oxygens (including phenoxy) is 1. The number of pyridine rings is 1. The number of nitrogens with one attached hydrogen (secondary N) is 1. The Morgan fingerprint density at radius 2 is 2.00 bits per heavy atom. The van der Waals surface area contributed by atoms with Gasteiger partial charge in [-0.05, 0) is 56.6 Å². The van der Waals surface area contributed by atoms with Gasteiger partial charge in [-0.15, -0.1) is 5.10 Å². The minimum Gasteiger partial charge on any atom is -0.466 e. The highest BCUT2D eigenvalue weighted by Gasteiger charge is 2.48. The first-order chi connectivity index (χ1) is 18.4. The van der Waals surface area contributed by atoms with Crippen LogP contribution in [0, 0.1) is 23.6 Å². The Morgan fingerprint density at radius 3 is 2.71 bits per heavy atom. The number of carbonyl (C=O) groups excluding carboxylic acids is 1. The second-order valence-electron chi connectivity index (χ2n) is 9.77. The summed E-state index contributed by atoms with van der Waals surface area (Å²) in [6, 6.07) is 2.48. The lowest BCUT2D eigenvalue weighted by Crippen LogP contribution is -2.52. The molecular formula is C25H24F3IN6O2S. The molecule has 0 spiro atoms. The summed E-state index contributed by atoms with van der Waals surface area (Å²) >= 11 is 2.10. The van der Waals surface area contributed by atoms with Crippen LogP contribution >= 0.6 is 30.3 Å². The van der Waals surface area contributed by atoms with Crippen molar-refractivity contribution in [2.45, 2.75) is 45.1 Å². The van der Waals surface area contributed by atoms with Gasteiger partial charge in [-0.3, -0.25) is 8.77 Å². The molecule has 8 nitrogen and oxygen atoms in total. The maximum atomic E-state index is 14.2. The molecule has 0 radical (unpaired) electrons. The first-order valence-corrected chi connectivity index (χ1v) is 15.8. The molecule has 0 aliphatic heterocycles. The zero-order chi connectivity index (χ0) is 26.6. The van der Waals surface area contributed by atoms with Crippen molar-refractivity contribution in [2.75, 3.05) is 11.9 Å². The Labute approximate surface area is 232 Å². The second kappa shape index (κ2) is 10.2. The van der Waals surface area contributed by atoms with Gasteiger partial charge in [-0.25, -0.2) is 27.7 Å². The van der Waals surface area contributed by atoms with E-state index in [-0.39, 0.29) is 41.2 Å². The van der Waals surface area contributed by atoms with E-state index < -0.39 is 12.2 Å². The molecule has 38 heavy (non-hydrogen) atoms. The van der Waals surface area contributed by atoms with E-state index in [1.165, 1.54) is 32.0 Å². The number of hydrogen-bond donors (Lipinski definition) is 1. The van der Waals surface area contributed by atoms with Crippen LogP contribution in [0.25, 0.3) is 27.9 Å². The maximum absolute atomic E-state index is 14.2. The number of carbonyl (C=O) groups is 1. The van der Waals surface area contributed by atoms with E-state index in [2.05, 4.69) is 36.6 Å². The molecule has 3 fully saturated rings. The van der Waals surface area contributed by atoms with E-state index in [0.717, 1.165) is 31.9 Å². The second-order valence-corrected chi connectivity index (χ2v) is 11.5. The van der Waals surface area contributed by atoms with Crippen molar-refractivity contribution in [1.29, 1.82) is 0 Å². The minimum absolute atomic E-state index is 0.190. The summed E-state index contributed by atoms with van der Waals surface area (Å²) < 4.78 is 50.1. The van der Waals surface area contributed by atoms with Gasteiger partial charge < -0.3 is 10.1 Å². The summed E-state index contributed by atoms with van der Waals surface area (Å²) in [7, 11) is 1.35. The van der Waals surface area contributed by atoms with Gasteiger partial charge in [0.25, 0.3) is 6.43 Å². The molecular weight excluding hydrogens is 632 g/mol. The van der Waals surface area contributed by atoms with Crippen molar-refractivity contribution >= 4 is 58.7 Å². The quantitative estimate of drug-likeness (QED) is 0.181. The summed E-state index contributed by atoms with van der Waals surface area (Å²) in [4.78, 5) is 22.0. The van der Waals surface area contributed by atoms with E-state index in [0.29, 0.717) is 34.5 Å². The number of aromatic nitrogens is 5. The van der Waals surface area contributed by atoms with Gasteiger partial charge >= 0.3 is 5.97 Å². The van der Waals surface area contributed by atoms with E-state index in [1.54, 1.807) is 17.1 Å². The predicted octanol–water partition coefficient (Wildman–Crippen LogP) is 6.45. The minimum atomic E-state index is -2.69. The van der Waals surface area contributed by atoms with E-state index in [9.17, 15) is 18.0 Å². The highest BCUT2D eigenvalue weighted by molar-refractivity contribution is 14.2. The molecule has 0 aromatic carbocycles. The summed E-state index contributed by atoms with van der Waals surface area (Å²) in [5.41, 5.74) is 1.24. The molecule has 4 aromatic rings. The van der Waals surface area contributed by atoms with Crippen molar-refractivity contribution < 1.29 is 22.7 Å². The topological polar surface area (TPSA) is 86.3 Å². The molecule has 3 saturated carbocycles. The van der Waals surface area contributed by atoms with Crippen molar-refractivity contribution in [3.63, 3.8) is 0 Å². The molecule has 0 amide bonds. The van der Waals surface area contributed by atoms with Gasteiger partial charge in [0.1, 0.15) is 11.3 Å². The van der Waals surface area contributed by atoms with Crippen LogP contribution in [0.1, 0.15) is 44.6 Å². The normalized spacial score (nSPS) is 23.0. The summed E-state index contributed by atoms with van der Waals surface area (Å²) in [6.07, 6.45) is 5.34. The van der Waals surface area contributed by atoms with Crippen LogP contribution in [-0.4, -0.2) is 42.2 Å². The van der Waals surface area contributed by atoms with Gasteiger partial charge in [0.2, 0.25) is 0 Å². The standard InChI is InChI=1S/C25H24F3IN6O2S/c1-2-37-25(36)19-12-3-5-13(6-4-12)20(19)31-23-18-7-14(21(27)28)10-34(18)33-22(32-23)17-11-35(38-29)24-16(17)8-15(26)9-30-24/h7-13,19-21H,2-6H2,1H3,(H,31,32,33)/t12?,13?,19-,20-/m0/s1. The first kappa shape index (κ1) is 25.7. The molecule has 3 aliphatic carbocycles. The Balaban J connectivity index is 1.50. The third kappa shape index (κ3) is 4.40. The predicted molar refractivity (Wildman–Crippen MR) is 147 cm³/mol. The number of rotatable bonds is 7. The Hall–Kier alpha value is -2.55. The van der Waals surface area contributed by atoms with Crippen LogP contribution in [0.5, 0.6) is 0 Å². The third-order valence-corrected chi connectivity index (χ3v) is 9.41. The summed E-state index contributed by atoms with van der Waals surface area (Å²) in [5, 5.41) is 8.49. The zero-order valence-corrected chi connectivity index (χ0v) is 23.3. The number of alkyl halides is 2. The Morgan fingerprint density at radius 1 is 1.24 bits per heavy atom. The van der Waals surface area contributed by atoms with Crippen molar-refractivity contribution in [1.82, 2.24) is 23.6 Å². The molecule has 13 heteroatoms. The lowest BCUT2D eigenvalue weighted by atomic mass is 9.61. The molecule has 2 bridgehead atoms. The number of fused-ring (bicyclic) bond motifs is 5. The molecule has 200 valence electrons. The number of nitrogens with zero attached hydrogens (tertiary/aromatic N) is 5. The fraction of sp³-hybridized carbons (Fsp3) is 0.440. The lowest BCUT2D eigenvalue weighted by molar-refractivity contribution is -0.154. The molecule has 7 rings (SSSR count). The van der Waals surface area contributed by atoms with Crippen molar-refractivity contribution in [3.05, 3.63) is 42.1 Å². The number of hydrogen-bond acceptors (Lipinski definition) is 7. The highest BCUT2D eigenvalue weighted by atomic mass is 127. The van der Waals surface area contributed by atoms with Crippen LogP contribution in [0.4, 0.5) is 19.0 Å². The summed E-state index contributed by atoms with van der Waals surface area (Å²) in [6.45, 7) is 2.08. The third-order valence-electron chi connectivity index (χ3n) is 7.71. The van der Waals surface area contributed by atoms with E-state index in [1.807, 2.05) is 0 Å². The smallest absolute Gasteiger partial charge is 0.311 e. The van der Waals surface area contributed by atoms with Crippen molar-refractivity contribution in [2.24, 2.45) is 17.8 Å². The fourth-order valence-corrected chi connectivity index (χ4v) is 7.29. The maximum Gasteiger partial charge on any atom is 0.311 e.